The zero-order valence-electron chi connectivity index (χ0n) is 8.27. The molecule has 0 aromatic heterocycles. The molecule has 0 fully saturated rings. The van der Waals surface area contributed by atoms with E-state index in [1.807, 2.05) is 36.4 Å². The SMILES string of the molecule is COc1ccccc1/C=C/CCON. The first kappa shape index (κ1) is 10.8. The van der Waals surface area contributed by atoms with Gasteiger partial charge >= 0.3 is 0 Å². The zero-order chi connectivity index (χ0) is 10.2. The van der Waals surface area contributed by atoms with Crippen LogP contribution in [-0.4, -0.2) is 13.7 Å². The van der Waals surface area contributed by atoms with Gasteiger partial charge in [0.1, 0.15) is 5.75 Å². The molecule has 0 saturated heterocycles. The van der Waals surface area contributed by atoms with Crippen LogP contribution in [0.5, 0.6) is 5.75 Å². The molecule has 3 heteroatoms. The van der Waals surface area contributed by atoms with Crippen molar-refractivity contribution in [1.82, 2.24) is 0 Å². The van der Waals surface area contributed by atoms with Gasteiger partial charge in [-0.1, -0.05) is 30.4 Å². The van der Waals surface area contributed by atoms with Crippen LogP contribution in [0.3, 0.4) is 0 Å². The third-order valence-corrected chi connectivity index (χ3v) is 1.84. The van der Waals surface area contributed by atoms with Crippen molar-refractivity contribution in [3.8, 4) is 5.75 Å². The van der Waals surface area contributed by atoms with Crippen LogP contribution in [0.1, 0.15) is 12.0 Å². The molecule has 76 valence electrons. The molecule has 0 atom stereocenters. The summed E-state index contributed by atoms with van der Waals surface area (Å²) in [7, 11) is 1.66. The number of methoxy groups -OCH3 is 1. The Bertz CT molecular complexity index is 297. The third kappa shape index (κ3) is 3.20. The van der Waals surface area contributed by atoms with E-state index >= 15 is 0 Å². The molecular weight excluding hydrogens is 178 g/mol. The van der Waals surface area contributed by atoms with Gasteiger partial charge in [0.25, 0.3) is 0 Å². The summed E-state index contributed by atoms with van der Waals surface area (Å²) in [5, 5.41) is 0. The van der Waals surface area contributed by atoms with E-state index in [1.165, 1.54) is 0 Å². The average molecular weight is 193 g/mol. The Hall–Kier alpha value is -1.32. The Labute approximate surface area is 84.1 Å². The Morgan fingerprint density at radius 2 is 2.14 bits per heavy atom. The van der Waals surface area contributed by atoms with E-state index in [1.54, 1.807) is 7.11 Å². The molecule has 1 rings (SSSR count). The zero-order valence-corrected chi connectivity index (χ0v) is 8.27. The van der Waals surface area contributed by atoms with Crippen LogP contribution in [0.4, 0.5) is 0 Å². The van der Waals surface area contributed by atoms with E-state index in [2.05, 4.69) is 4.84 Å². The van der Waals surface area contributed by atoms with E-state index in [9.17, 15) is 0 Å². The van der Waals surface area contributed by atoms with Crippen molar-refractivity contribution in [2.45, 2.75) is 6.42 Å². The lowest BCUT2D eigenvalue weighted by Gasteiger charge is -2.02. The van der Waals surface area contributed by atoms with E-state index < -0.39 is 0 Å². The van der Waals surface area contributed by atoms with Crippen LogP contribution in [-0.2, 0) is 4.84 Å². The van der Waals surface area contributed by atoms with Crippen molar-refractivity contribution >= 4 is 6.08 Å². The van der Waals surface area contributed by atoms with Crippen molar-refractivity contribution in [3.63, 3.8) is 0 Å². The van der Waals surface area contributed by atoms with Crippen LogP contribution in [0, 0.1) is 0 Å². The Morgan fingerprint density at radius 3 is 2.86 bits per heavy atom. The van der Waals surface area contributed by atoms with Gasteiger partial charge in [-0.15, -0.1) is 0 Å². The topological polar surface area (TPSA) is 44.5 Å². The van der Waals surface area contributed by atoms with Crippen LogP contribution < -0.4 is 10.6 Å². The normalized spacial score (nSPS) is 10.7. The van der Waals surface area contributed by atoms with Crippen molar-refractivity contribution < 1.29 is 9.57 Å². The van der Waals surface area contributed by atoms with Gasteiger partial charge in [-0.25, -0.2) is 5.90 Å². The van der Waals surface area contributed by atoms with Gasteiger partial charge in [0, 0.05) is 5.56 Å². The molecule has 0 aliphatic heterocycles. The molecule has 0 radical (unpaired) electrons. The molecule has 1 aromatic rings. The van der Waals surface area contributed by atoms with Crippen molar-refractivity contribution in [2.24, 2.45) is 5.90 Å². The molecule has 0 bridgehead atoms. The average Bonchev–Trinajstić information content (AvgIpc) is 2.25. The van der Waals surface area contributed by atoms with Gasteiger partial charge in [-0.3, -0.25) is 0 Å². The Morgan fingerprint density at radius 1 is 1.36 bits per heavy atom. The minimum Gasteiger partial charge on any atom is -0.496 e. The fourth-order valence-corrected chi connectivity index (χ4v) is 1.15. The highest BCUT2D eigenvalue weighted by molar-refractivity contribution is 5.56. The fourth-order valence-electron chi connectivity index (χ4n) is 1.15. The summed E-state index contributed by atoms with van der Waals surface area (Å²) in [6.45, 7) is 0.533. The second-order valence-corrected chi connectivity index (χ2v) is 2.80. The maximum Gasteiger partial charge on any atom is 0.126 e. The largest absolute Gasteiger partial charge is 0.496 e. The molecule has 0 aliphatic rings. The summed E-state index contributed by atoms with van der Waals surface area (Å²) in [6.07, 6.45) is 4.80. The van der Waals surface area contributed by atoms with Gasteiger partial charge in [-0.05, 0) is 12.5 Å². The smallest absolute Gasteiger partial charge is 0.126 e. The highest BCUT2D eigenvalue weighted by Crippen LogP contribution is 2.18. The monoisotopic (exact) mass is 193 g/mol. The van der Waals surface area contributed by atoms with Crippen LogP contribution in [0.25, 0.3) is 6.08 Å². The Kier molecular flexibility index (Phi) is 4.75. The first-order valence-corrected chi connectivity index (χ1v) is 4.49. The number of rotatable bonds is 5. The Balaban J connectivity index is 2.61. The maximum absolute atomic E-state index is 5.20. The minimum absolute atomic E-state index is 0.533. The van der Waals surface area contributed by atoms with Gasteiger partial charge in [0.2, 0.25) is 0 Å². The van der Waals surface area contributed by atoms with Crippen molar-refractivity contribution in [2.75, 3.05) is 13.7 Å². The van der Waals surface area contributed by atoms with Gasteiger partial charge in [-0.2, -0.15) is 0 Å². The van der Waals surface area contributed by atoms with Crippen LogP contribution >= 0.6 is 0 Å². The molecule has 2 N–H and O–H groups in total. The first-order chi connectivity index (χ1) is 6.88. The second-order valence-electron chi connectivity index (χ2n) is 2.80. The molecule has 0 spiro atoms. The van der Waals surface area contributed by atoms with Crippen LogP contribution in [0.15, 0.2) is 30.3 Å². The summed E-state index contributed by atoms with van der Waals surface area (Å²) in [4.78, 5) is 4.45. The summed E-state index contributed by atoms with van der Waals surface area (Å²) < 4.78 is 5.20. The predicted molar refractivity (Wildman–Crippen MR) is 56.8 cm³/mol. The van der Waals surface area contributed by atoms with Crippen LogP contribution in [0.2, 0.25) is 0 Å². The standard InChI is InChI=1S/C11H15NO2/c1-13-11-8-3-2-6-10(11)7-4-5-9-14-12/h2-4,6-8H,5,9,12H2,1H3/b7-4+. The molecule has 0 aliphatic carbocycles. The number of hydrogen-bond acceptors (Lipinski definition) is 3. The fraction of sp³-hybridized carbons (Fsp3) is 0.273. The lowest BCUT2D eigenvalue weighted by Crippen LogP contribution is -1.98. The highest BCUT2D eigenvalue weighted by Gasteiger charge is 1.95. The molecule has 3 nitrogen and oxygen atoms in total. The molecular formula is C11H15NO2. The summed E-state index contributed by atoms with van der Waals surface area (Å²) in [5.41, 5.74) is 1.06. The first-order valence-electron chi connectivity index (χ1n) is 4.49. The molecule has 1 aromatic carbocycles. The minimum atomic E-state index is 0.533. The molecule has 0 amide bonds. The lowest BCUT2D eigenvalue weighted by atomic mass is 10.2. The van der Waals surface area contributed by atoms with Crippen molar-refractivity contribution in [3.05, 3.63) is 35.9 Å². The van der Waals surface area contributed by atoms with Gasteiger partial charge < -0.3 is 9.57 Å². The maximum atomic E-state index is 5.20. The summed E-state index contributed by atoms with van der Waals surface area (Å²) >= 11 is 0. The number of nitrogens with two attached hydrogens (primary N) is 1. The number of ether oxygens (including phenoxy) is 1. The molecule has 0 heterocycles. The molecule has 0 unspecified atom stereocenters. The quantitative estimate of drug-likeness (QED) is 0.574. The third-order valence-electron chi connectivity index (χ3n) is 1.84. The number of para-hydroxylation sites is 1. The molecule has 14 heavy (non-hydrogen) atoms. The van der Waals surface area contributed by atoms with E-state index in [0.717, 1.165) is 17.7 Å². The van der Waals surface area contributed by atoms with E-state index in [0.29, 0.717) is 6.61 Å². The van der Waals surface area contributed by atoms with Gasteiger partial charge in [0.05, 0.1) is 13.7 Å². The number of benzene rings is 1. The summed E-state index contributed by atoms with van der Waals surface area (Å²) in [5.74, 6) is 5.78. The lowest BCUT2D eigenvalue weighted by molar-refractivity contribution is 0.143. The highest BCUT2D eigenvalue weighted by atomic mass is 16.6. The van der Waals surface area contributed by atoms with E-state index in [4.69, 9.17) is 10.6 Å². The van der Waals surface area contributed by atoms with Crippen molar-refractivity contribution in [1.29, 1.82) is 0 Å². The molecule has 0 saturated carbocycles. The number of hydrogen-bond donors (Lipinski definition) is 1. The predicted octanol–water partition coefficient (Wildman–Crippen LogP) is 1.99. The van der Waals surface area contributed by atoms with E-state index in [-0.39, 0.29) is 0 Å². The van der Waals surface area contributed by atoms with Gasteiger partial charge in [0.15, 0.2) is 0 Å². The summed E-state index contributed by atoms with van der Waals surface area (Å²) in [6, 6.07) is 7.85. The second kappa shape index (κ2) is 6.18.